The third kappa shape index (κ3) is 3.28. The maximum Gasteiger partial charge on any atom is -0.000161 e. The number of hydrogen-bond acceptors (Lipinski definition) is 0. The minimum atomic E-state index is 0.412. The third-order valence-electron chi connectivity index (χ3n) is 4.50. The molecule has 0 heterocycles. The fourth-order valence-electron chi connectivity index (χ4n) is 3.64. The van der Waals surface area contributed by atoms with Crippen LogP contribution in [0.4, 0.5) is 0 Å². The average Bonchev–Trinajstić information content (AvgIpc) is 2.33. The van der Waals surface area contributed by atoms with E-state index in [0.29, 0.717) is 5.41 Å². The second-order valence-electron chi connectivity index (χ2n) is 5.90. The predicted octanol–water partition coefficient (Wildman–Crippen LogP) is 6.39. The molecular formula is C18H34. The highest BCUT2D eigenvalue weighted by Gasteiger charge is 2.41. The van der Waals surface area contributed by atoms with Crippen molar-refractivity contribution in [2.24, 2.45) is 17.3 Å². The van der Waals surface area contributed by atoms with Crippen molar-refractivity contribution in [2.75, 3.05) is 0 Å². The highest BCUT2D eigenvalue weighted by molar-refractivity contribution is 5.35. The zero-order valence-corrected chi connectivity index (χ0v) is 13.9. The van der Waals surface area contributed by atoms with Crippen LogP contribution in [0.15, 0.2) is 23.3 Å². The van der Waals surface area contributed by atoms with E-state index in [2.05, 4.69) is 53.7 Å². The van der Waals surface area contributed by atoms with Crippen LogP contribution in [0, 0.1) is 17.3 Å². The Bertz CT molecular complexity index is 281. The lowest BCUT2D eigenvalue weighted by molar-refractivity contribution is 0.137. The molecule has 106 valence electrons. The van der Waals surface area contributed by atoms with Crippen molar-refractivity contribution in [1.29, 1.82) is 0 Å². The fraction of sp³-hybridized carbons (Fsp3) is 0.778. The molecular weight excluding hydrogens is 216 g/mol. The Morgan fingerprint density at radius 1 is 1.06 bits per heavy atom. The van der Waals surface area contributed by atoms with E-state index >= 15 is 0 Å². The normalized spacial score (nSPS) is 19.4. The first-order chi connectivity index (χ1) is 8.46. The predicted molar refractivity (Wildman–Crippen MR) is 84.8 cm³/mol. The van der Waals surface area contributed by atoms with Crippen molar-refractivity contribution in [3.05, 3.63) is 23.3 Å². The first kappa shape index (κ1) is 17.5. The maximum absolute atomic E-state index is 2.39. The molecule has 1 aliphatic rings. The molecule has 0 aromatic heterocycles. The molecule has 0 amide bonds. The summed E-state index contributed by atoms with van der Waals surface area (Å²) in [6.07, 6.45) is 8.60. The van der Waals surface area contributed by atoms with Crippen LogP contribution in [0.3, 0.4) is 0 Å². The summed E-state index contributed by atoms with van der Waals surface area (Å²) in [6, 6.07) is 0. The lowest BCUT2D eigenvalue weighted by atomic mass is 9.58. The minimum absolute atomic E-state index is 0.412. The van der Waals surface area contributed by atoms with Crippen molar-refractivity contribution >= 4 is 0 Å². The Hall–Kier alpha value is -0.520. The topological polar surface area (TPSA) is 0 Å². The molecule has 0 N–H and O–H groups in total. The third-order valence-corrected chi connectivity index (χ3v) is 4.50. The van der Waals surface area contributed by atoms with Gasteiger partial charge in [0.15, 0.2) is 0 Å². The molecule has 0 nitrogen and oxygen atoms in total. The summed E-state index contributed by atoms with van der Waals surface area (Å²) >= 11 is 0. The van der Waals surface area contributed by atoms with E-state index in [1.54, 1.807) is 11.1 Å². The fourth-order valence-corrected chi connectivity index (χ4v) is 3.64. The van der Waals surface area contributed by atoms with Crippen LogP contribution in [0.25, 0.3) is 0 Å². The Balaban J connectivity index is 0.00000137. The smallest absolute Gasteiger partial charge is 0.000161 e. The Labute approximate surface area is 116 Å². The van der Waals surface area contributed by atoms with Gasteiger partial charge < -0.3 is 0 Å². The van der Waals surface area contributed by atoms with Crippen LogP contribution < -0.4 is 0 Å². The summed E-state index contributed by atoms with van der Waals surface area (Å²) in [4.78, 5) is 0. The van der Waals surface area contributed by atoms with Gasteiger partial charge in [0.05, 0.1) is 0 Å². The molecule has 1 rings (SSSR count). The van der Waals surface area contributed by atoms with E-state index in [1.807, 2.05) is 13.8 Å². The van der Waals surface area contributed by atoms with Gasteiger partial charge in [0.25, 0.3) is 0 Å². The average molecular weight is 250 g/mol. The molecule has 0 heteroatoms. The Kier molecular flexibility index (Phi) is 7.59. The Morgan fingerprint density at radius 2 is 1.56 bits per heavy atom. The zero-order valence-electron chi connectivity index (χ0n) is 13.9. The lowest BCUT2D eigenvalue weighted by Crippen LogP contribution is -2.37. The summed E-state index contributed by atoms with van der Waals surface area (Å²) < 4.78 is 0. The zero-order chi connectivity index (χ0) is 14.3. The molecule has 0 aromatic carbocycles. The molecule has 0 saturated heterocycles. The molecule has 0 spiro atoms. The number of rotatable bonds is 3. The maximum atomic E-state index is 2.39. The highest BCUT2D eigenvalue weighted by atomic mass is 14.5. The molecule has 0 radical (unpaired) electrons. The van der Waals surface area contributed by atoms with Gasteiger partial charge in [-0.2, -0.15) is 0 Å². The number of allylic oxidation sites excluding steroid dienone is 4. The largest absolute Gasteiger partial charge is 0.0874 e. The van der Waals surface area contributed by atoms with Crippen LogP contribution in [0.1, 0.15) is 74.7 Å². The van der Waals surface area contributed by atoms with Crippen LogP contribution in [0.5, 0.6) is 0 Å². The van der Waals surface area contributed by atoms with Crippen molar-refractivity contribution in [3.63, 3.8) is 0 Å². The minimum Gasteiger partial charge on any atom is -0.0874 e. The molecule has 0 fully saturated rings. The van der Waals surface area contributed by atoms with Gasteiger partial charge in [-0.15, -0.1) is 0 Å². The van der Waals surface area contributed by atoms with Gasteiger partial charge in [-0.1, -0.05) is 59.3 Å². The molecule has 0 unspecified atom stereocenters. The Morgan fingerprint density at radius 3 is 1.94 bits per heavy atom. The molecule has 0 saturated carbocycles. The quantitative estimate of drug-likeness (QED) is 0.544. The first-order valence-electron chi connectivity index (χ1n) is 7.79. The SMILES string of the molecule is C/C=C\C1=C(C)CCCC1(C(C)C)C(C)C.CC. The second kappa shape index (κ2) is 7.81. The van der Waals surface area contributed by atoms with Crippen molar-refractivity contribution in [3.8, 4) is 0 Å². The van der Waals surface area contributed by atoms with Gasteiger partial charge in [-0.25, -0.2) is 0 Å². The van der Waals surface area contributed by atoms with Crippen molar-refractivity contribution in [2.45, 2.75) is 74.7 Å². The molecule has 0 aromatic rings. The summed E-state index contributed by atoms with van der Waals surface area (Å²) in [5, 5.41) is 0. The summed E-state index contributed by atoms with van der Waals surface area (Å²) in [5.74, 6) is 1.46. The van der Waals surface area contributed by atoms with Gasteiger partial charge in [-0.3, -0.25) is 0 Å². The van der Waals surface area contributed by atoms with E-state index in [1.165, 1.54) is 19.3 Å². The highest BCUT2D eigenvalue weighted by Crippen LogP contribution is 2.51. The van der Waals surface area contributed by atoms with Crippen LogP contribution in [-0.4, -0.2) is 0 Å². The van der Waals surface area contributed by atoms with E-state index in [0.717, 1.165) is 11.8 Å². The lowest BCUT2D eigenvalue weighted by Gasteiger charge is -2.46. The van der Waals surface area contributed by atoms with E-state index in [-0.39, 0.29) is 0 Å². The van der Waals surface area contributed by atoms with Crippen LogP contribution in [-0.2, 0) is 0 Å². The summed E-state index contributed by atoms with van der Waals surface area (Å²) in [7, 11) is 0. The van der Waals surface area contributed by atoms with E-state index in [9.17, 15) is 0 Å². The van der Waals surface area contributed by atoms with Crippen LogP contribution >= 0.6 is 0 Å². The van der Waals surface area contributed by atoms with E-state index < -0.39 is 0 Å². The number of hydrogen-bond donors (Lipinski definition) is 0. The van der Waals surface area contributed by atoms with Crippen molar-refractivity contribution in [1.82, 2.24) is 0 Å². The monoisotopic (exact) mass is 250 g/mol. The van der Waals surface area contributed by atoms with Gasteiger partial charge >= 0.3 is 0 Å². The van der Waals surface area contributed by atoms with Gasteiger partial charge in [0.1, 0.15) is 0 Å². The van der Waals surface area contributed by atoms with Crippen molar-refractivity contribution < 1.29 is 0 Å². The van der Waals surface area contributed by atoms with Crippen LogP contribution in [0.2, 0.25) is 0 Å². The second-order valence-corrected chi connectivity index (χ2v) is 5.90. The standard InChI is InChI=1S/C16H28.C2H6/c1-7-9-15-14(6)10-8-11-16(15,12(2)3)13(4)5;1-2/h7,9,12-13H,8,10-11H2,1-6H3;1-2H3/b9-7-;. The van der Waals surface area contributed by atoms with Gasteiger partial charge in [-0.05, 0) is 55.9 Å². The summed E-state index contributed by atoms with van der Waals surface area (Å²) in [6.45, 7) is 18.0. The van der Waals surface area contributed by atoms with E-state index in [4.69, 9.17) is 0 Å². The first-order valence-corrected chi connectivity index (χ1v) is 7.79. The molecule has 1 aliphatic carbocycles. The summed E-state index contributed by atoms with van der Waals surface area (Å²) in [5.41, 5.74) is 3.66. The molecule has 0 aliphatic heterocycles. The molecule has 0 atom stereocenters. The van der Waals surface area contributed by atoms with Gasteiger partial charge in [0.2, 0.25) is 0 Å². The van der Waals surface area contributed by atoms with Gasteiger partial charge in [0, 0.05) is 0 Å². The molecule has 0 bridgehead atoms. The molecule has 18 heavy (non-hydrogen) atoms.